The first-order valence-corrected chi connectivity index (χ1v) is 3.10. The molecular weight excluding hydrogens is 202 g/mol. The number of hydrogen-bond donors (Lipinski definition) is 2. The average molecular weight is 215 g/mol. The van der Waals surface area contributed by atoms with E-state index in [1.54, 1.807) is 0 Å². The summed E-state index contributed by atoms with van der Waals surface area (Å²) in [4.78, 5) is 10.1. The van der Waals surface area contributed by atoms with Gasteiger partial charge in [0, 0.05) is 6.54 Å². The predicted molar refractivity (Wildman–Crippen MR) is 34.8 cm³/mol. The van der Waals surface area contributed by atoms with Gasteiger partial charge in [-0.3, -0.25) is 4.79 Å². The van der Waals surface area contributed by atoms with Crippen molar-refractivity contribution in [2.24, 2.45) is 0 Å². The van der Waals surface area contributed by atoms with Crippen molar-refractivity contribution in [1.82, 2.24) is 10.6 Å². The average Bonchev–Trinajstić information content (AvgIpc) is 2.34. The Balaban J connectivity index is 0.000001000. The minimum Gasteiger partial charge on any atom is -0.360 e. The van der Waals surface area contributed by atoms with Crippen molar-refractivity contribution in [2.75, 3.05) is 13.1 Å². The Morgan fingerprint density at radius 2 is 2.80 bits per heavy atom. The first-order valence-electron chi connectivity index (χ1n) is 3.60. The first-order chi connectivity index (χ1) is 4.79. The van der Waals surface area contributed by atoms with E-state index < -0.39 is 6.39 Å². The molecule has 1 aliphatic heterocycles. The monoisotopic (exact) mass is 214 g/mol. The molecule has 0 aromatic heterocycles. The summed E-state index contributed by atoms with van der Waals surface area (Å²) in [6, 6.07) is 0.272. The smallest absolute Gasteiger partial charge is 0.360 e. The molecule has 10 heavy (non-hydrogen) atoms. The summed E-state index contributed by atoms with van der Waals surface area (Å²) in [5.74, 6) is 0. The quantitative estimate of drug-likeness (QED) is 0.367. The second-order valence-corrected chi connectivity index (χ2v) is 2.07. The Labute approximate surface area is 112 Å². The molecular formula is C6H11N2ORb. The molecule has 0 saturated carbocycles. The molecule has 1 fully saturated rings. The van der Waals surface area contributed by atoms with Crippen molar-refractivity contribution in [1.29, 1.82) is 0 Å². The van der Waals surface area contributed by atoms with E-state index in [0.29, 0.717) is 6.54 Å². The zero-order valence-electron chi connectivity index (χ0n) is 7.18. The molecule has 1 unspecified atom stereocenters. The third-order valence-electron chi connectivity index (χ3n) is 1.40. The van der Waals surface area contributed by atoms with Crippen molar-refractivity contribution in [3.8, 4) is 0 Å². The maximum Gasteiger partial charge on any atom is 1.00 e. The van der Waals surface area contributed by atoms with E-state index in [4.69, 9.17) is 1.37 Å². The molecule has 1 aliphatic rings. The maximum atomic E-state index is 10.1. The Morgan fingerprint density at radius 1 is 2.00 bits per heavy atom. The molecule has 0 spiro atoms. The third kappa shape index (κ3) is 4.18. The summed E-state index contributed by atoms with van der Waals surface area (Å²) in [5, 5.41) is 5.58. The maximum absolute atomic E-state index is 10.1. The van der Waals surface area contributed by atoms with Crippen LogP contribution in [-0.2, 0) is 4.79 Å². The molecule has 0 bridgehead atoms. The number of carbonyl (C=O) groups excluding carboxylic acids is 1. The van der Waals surface area contributed by atoms with Gasteiger partial charge in [-0.15, -0.1) is 0 Å². The minimum absolute atomic E-state index is 0. The Hall–Kier alpha value is 1.24. The second-order valence-electron chi connectivity index (χ2n) is 2.07. The number of carbonyl (C=O) groups is 1. The fraction of sp³-hybridized carbons (Fsp3) is 0.667. The molecule has 1 saturated heterocycles. The van der Waals surface area contributed by atoms with E-state index in [-0.39, 0.29) is 64.2 Å². The van der Waals surface area contributed by atoms with Crippen LogP contribution in [0.4, 0.5) is 0 Å². The number of amides is 1. The van der Waals surface area contributed by atoms with Crippen LogP contribution in [0.2, 0.25) is 0 Å². The van der Waals surface area contributed by atoms with E-state index in [1.165, 1.54) is 0 Å². The predicted octanol–water partition coefficient (Wildman–Crippen LogP) is -3.70. The van der Waals surface area contributed by atoms with Gasteiger partial charge in [-0.2, -0.15) is 6.42 Å². The van der Waals surface area contributed by atoms with Crippen LogP contribution in [0.1, 0.15) is 7.79 Å². The van der Waals surface area contributed by atoms with Crippen LogP contribution in [-0.4, -0.2) is 25.5 Å². The van der Waals surface area contributed by atoms with Crippen molar-refractivity contribution < 1.29 is 64.4 Å². The molecule has 0 aromatic rings. The molecule has 0 radical (unpaired) electrons. The van der Waals surface area contributed by atoms with Gasteiger partial charge < -0.3 is 17.1 Å². The van der Waals surface area contributed by atoms with Gasteiger partial charge >= 0.3 is 58.2 Å². The van der Waals surface area contributed by atoms with Crippen molar-refractivity contribution in [2.45, 2.75) is 12.5 Å². The number of hydrogen-bond acceptors (Lipinski definition) is 2. The third-order valence-corrected chi connectivity index (χ3v) is 1.40. The van der Waals surface area contributed by atoms with E-state index in [9.17, 15) is 4.79 Å². The number of nitrogens with one attached hydrogen (secondary N) is 2. The SMILES string of the molecule is [3H]C(=O)NCC1[CH-]CCN1.[Rb+]. The molecule has 0 aromatic carbocycles. The zero-order valence-corrected chi connectivity index (χ0v) is 11.1. The normalized spacial score (nSPS) is 24.8. The summed E-state index contributed by atoms with van der Waals surface area (Å²) in [6.45, 7) is 1.53. The zero-order chi connectivity index (χ0) is 7.40. The molecule has 2 N–H and O–H groups in total. The molecule has 0 aliphatic carbocycles. The standard InChI is InChI=1S/C6H11N2O.Rb/c9-5-7-4-6-2-1-3-8-6;/h2,5-6,8H,1,3-4H2,(H,7,9);/q-1;+1/i5T;. The van der Waals surface area contributed by atoms with Crippen LogP contribution >= 0.6 is 0 Å². The summed E-state index contributed by atoms with van der Waals surface area (Å²) in [6.07, 6.45) is 2.45. The van der Waals surface area contributed by atoms with Gasteiger partial charge in [0.05, 0.1) is 0 Å². The topological polar surface area (TPSA) is 41.1 Å². The van der Waals surface area contributed by atoms with Gasteiger partial charge in [0.2, 0.25) is 6.39 Å². The molecule has 52 valence electrons. The van der Waals surface area contributed by atoms with Crippen LogP contribution < -0.4 is 68.8 Å². The summed E-state index contributed by atoms with van der Waals surface area (Å²) < 4.78 is 6.55. The Kier molecular flexibility index (Phi) is 6.45. The molecule has 1 amide bonds. The fourth-order valence-electron chi connectivity index (χ4n) is 0.944. The van der Waals surface area contributed by atoms with E-state index in [0.717, 1.165) is 13.0 Å². The molecule has 3 nitrogen and oxygen atoms in total. The second kappa shape index (κ2) is 6.92. The fourth-order valence-corrected chi connectivity index (χ4v) is 0.944. The van der Waals surface area contributed by atoms with E-state index in [1.807, 2.05) is 0 Å². The van der Waals surface area contributed by atoms with Gasteiger partial charge in [0.15, 0.2) is 0 Å². The van der Waals surface area contributed by atoms with Gasteiger partial charge in [0.25, 0.3) is 0 Å². The van der Waals surface area contributed by atoms with Gasteiger partial charge in [0.1, 0.15) is 1.37 Å². The van der Waals surface area contributed by atoms with E-state index >= 15 is 0 Å². The molecule has 1 atom stereocenters. The summed E-state index contributed by atoms with van der Waals surface area (Å²) in [5.41, 5.74) is 0. The van der Waals surface area contributed by atoms with Gasteiger partial charge in [-0.1, -0.05) is 6.04 Å². The first kappa shape index (κ1) is 9.32. The largest absolute Gasteiger partial charge is 1.00 e. The van der Waals surface area contributed by atoms with Crippen LogP contribution in [0.15, 0.2) is 0 Å². The van der Waals surface area contributed by atoms with E-state index in [2.05, 4.69) is 17.1 Å². The van der Waals surface area contributed by atoms with Crippen LogP contribution in [0.25, 0.3) is 0 Å². The van der Waals surface area contributed by atoms with Crippen molar-refractivity contribution >= 4 is 6.39 Å². The summed E-state index contributed by atoms with van der Waals surface area (Å²) >= 11 is 0. The number of rotatable bonds is 2. The Morgan fingerprint density at radius 3 is 3.30 bits per heavy atom. The minimum atomic E-state index is -0.706. The van der Waals surface area contributed by atoms with Crippen LogP contribution in [0.3, 0.4) is 0 Å². The van der Waals surface area contributed by atoms with Crippen molar-refractivity contribution in [3.63, 3.8) is 0 Å². The molecule has 4 heteroatoms. The van der Waals surface area contributed by atoms with Crippen LogP contribution in [0.5, 0.6) is 0 Å². The summed E-state index contributed by atoms with van der Waals surface area (Å²) in [7, 11) is 0. The van der Waals surface area contributed by atoms with Crippen molar-refractivity contribution in [3.05, 3.63) is 6.42 Å². The van der Waals surface area contributed by atoms with Gasteiger partial charge in [-0.05, 0) is 6.54 Å². The molecule has 1 heterocycles. The Bertz CT molecular complexity index is 128. The molecule has 1 rings (SSSR count). The van der Waals surface area contributed by atoms with Gasteiger partial charge in [-0.25, -0.2) is 0 Å². The van der Waals surface area contributed by atoms with Crippen LogP contribution in [0, 0.1) is 6.42 Å².